The summed E-state index contributed by atoms with van der Waals surface area (Å²) in [5.74, 6) is -11.6. The first-order valence-corrected chi connectivity index (χ1v) is 30.2. The molecular weight excluding hydrogens is 1220 g/mol. The van der Waals surface area contributed by atoms with Crippen molar-refractivity contribution < 1.29 is 96.4 Å². The summed E-state index contributed by atoms with van der Waals surface area (Å²) in [6.07, 6.45) is -12.2. The molecule has 486 valence electrons. The number of phenolic OH excluding ortho intramolecular Hbond substituents is 1. The van der Waals surface area contributed by atoms with Crippen molar-refractivity contribution in [2.75, 3.05) is 6.61 Å². The second-order valence-electron chi connectivity index (χ2n) is 24.8. The van der Waals surface area contributed by atoms with Crippen LogP contribution in [0.25, 0.3) is 33.4 Å². The minimum atomic E-state index is -2.63. The highest BCUT2D eigenvalue weighted by Crippen LogP contribution is 2.65. The van der Waals surface area contributed by atoms with Gasteiger partial charge in [0.05, 0.1) is 35.1 Å². The zero-order chi connectivity index (χ0) is 67.5. The number of nitrogens with one attached hydrogen (secondary N) is 2. The number of ether oxygens (including phenoxy) is 6. The predicted molar refractivity (Wildman–Crippen MR) is 332 cm³/mol. The van der Waals surface area contributed by atoms with Gasteiger partial charge >= 0.3 is 35.8 Å². The number of hydrogen-bond donors (Lipinski definition) is 6. The second-order valence-corrected chi connectivity index (χ2v) is 24.8. The van der Waals surface area contributed by atoms with Gasteiger partial charge < -0.3 is 63.9 Å². The normalized spacial score (nSPS) is 25.2. The van der Waals surface area contributed by atoms with Gasteiger partial charge in [-0.05, 0) is 104 Å². The minimum Gasteiger partial charge on any atom is -0.508 e. The number of benzene rings is 6. The molecule has 1 saturated heterocycles. The Morgan fingerprint density at radius 1 is 0.691 bits per heavy atom. The van der Waals surface area contributed by atoms with Crippen LogP contribution in [0.15, 0.2) is 166 Å². The molecule has 2 amide bonds. The molecule has 23 nitrogen and oxygen atoms in total. The van der Waals surface area contributed by atoms with Gasteiger partial charge in [0.1, 0.15) is 53.2 Å². The number of aliphatic hydroxyl groups is 2. The van der Waals surface area contributed by atoms with Gasteiger partial charge in [-0.15, -0.1) is 0 Å². The maximum absolute atomic E-state index is 16.6. The van der Waals surface area contributed by atoms with Gasteiger partial charge in [0.15, 0.2) is 29.0 Å². The monoisotopic (exact) mass is 1280 g/mol. The number of esters is 5. The Hall–Kier alpha value is -10.4. The van der Waals surface area contributed by atoms with E-state index in [-0.39, 0.29) is 56.1 Å². The first kappa shape index (κ1) is 65.1. The molecule has 5 aromatic rings. The van der Waals surface area contributed by atoms with Gasteiger partial charge in [0.2, 0.25) is 0 Å². The summed E-state index contributed by atoms with van der Waals surface area (Å²) in [7, 11) is 0. The van der Waals surface area contributed by atoms with Crippen molar-refractivity contribution in [3.05, 3.63) is 195 Å². The summed E-state index contributed by atoms with van der Waals surface area (Å²) < 4.78 is 43.6. The number of Topliss-reactive ketones (excluding diaryl/α,β-unsaturated/α-hetero) is 1. The number of amides is 2. The molecule has 6 N–H and O–H groups in total. The van der Waals surface area contributed by atoms with Crippen molar-refractivity contribution in [3.63, 3.8) is 0 Å². The van der Waals surface area contributed by atoms with Crippen LogP contribution in [-0.2, 0) is 52.4 Å². The summed E-state index contributed by atoms with van der Waals surface area (Å²) in [6.45, 7) is 8.59. The third-order valence-electron chi connectivity index (χ3n) is 18.9. The summed E-state index contributed by atoms with van der Waals surface area (Å²) >= 11 is 0. The smallest absolute Gasteiger partial charge is 0.338 e. The van der Waals surface area contributed by atoms with E-state index >= 15 is 4.79 Å². The number of aromatic carboxylic acids is 1. The van der Waals surface area contributed by atoms with Crippen molar-refractivity contribution in [2.45, 2.75) is 121 Å². The van der Waals surface area contributed by atoms with Crippen LogP contribution in [0.4, 0.5) is 0 Å². The number of fused-ring (bicyclic) bond motifs is 7. The minimum absolute atomic E-state index is 0.0352. The average molecular weight is 1280 g/mol. The number of carboxylic acids is 1. The lowest BCUT2D eigenvalue weighted by Gasteiger charge is -2.67. The SMILES string of the molecule is CC(=O)O[C@H]1C(=O)[C@@]2(C)C(C(OC(=O)c3ccccc3)[C@]3(O)C[C@H](OC(=O)[C@H](O)[C@@H](NC(=O)c4ccccc4)c4ccccc4)C(C)=C1C3(C)C)[C@]1(OC(C)=O)CO[C@@H]1C[C@@H]2OC(=O)[C@H](C)NC(=O)c1ccc(-c2c3ccc(=O)cc-3oc3cc(O)ccc23)c(C(=O)O)c1. The first-order valence-electron chi connectivity index (χ1n) is 30.2. The van der Waals surface area contributed by atoms with E-state index in [4.69, 9.17) is 32.8 Å². The highest BCUT2D eigenvalue weighted by atomic mass is 16.6. The first-order chi connectivity index (χ1) is 44.6. The zero-order valence-corrected chi connectivity index (χ0v) is 51.9. The molecule has 6 aliphatic rings. The standard InChI is InChI=1S/C71H66N2O21/c1-35-51(91-67(86)57(78)56(39-17-11-8-12-18-39)73-62(80)40-19-13-9-14-20-40)33-71(87)61(93-66(85)41-21-15-10-16-22-41)59-69(7,60(79)58(89-37(3)74)55(35)68(71,5)6)52(32-53-70(59,34-88-53)94-38(4)75)92-65(84)36(2)72-63(81)42-23-26-45(48(29-42)64(82)83)54-46-27-24-43(76)30-49(46)90-50-31-44(77)25-28-47(50)54/h8-31,36,51-53,56-59,61,76,78,87H,32-34H2,1-7H3,(H,72,81)(H,73,80)(H,82,83)/t36-,51-,52-,53+,56-,57+,58+,59?,61?,69+,70-,71+/m0/s1. The Balaban J connectivity index is 0.985. The van der Waals surface area contributed by atoms with E-state index in [9.17, 15) is 63.6 Å². The Morgan fingerprint density at radius 3 is 1.96 bits per heavy atom. The second kappa shape index (κ2) is 24.9. The van der Waals surface area contributed by atoms with E-state index in [0.717, 1.165) is 19.9 Å². The van der Waals surface area contributed by atoms with Crippen LogP contribution in [0.2, 0.25) is 0 Å². The summed E-state index contributed by atoms with van der Waals surface area (Å²) in [6, 6.07) is 32.4. The van der Waals surface area contributed by atoms with E-state index in [1.54, 1.807) is 54.6 Å². The predicted octanol–water partition coefficient (Wildman–Crippen LogP) is 7.39. The number of carbonyl (C=O) groups is 9. The molecule has 2 unspecified atom stereocenters. The number of rotatable bonds is 16. The number of aliphatic hydroxyl groups excluding tert-OH is 1. The lowest BCUT2D eigenvalue weighted by molar-refractivity contribution is -0.346. The van der Waals surface area contributed by atoms with Gasteiger partial charge in [-0.2, -0.15) is 0 Å². The fourth-order valence-corrected chi connectivity index (χ4v) is 14.1. The van der Waals surface area contributed by atoms with E-state index in [1.807, 2.05) is 0 Å². The fourth-order valence-electron chi connectivity index (χ4n) is 14.1. The van der Waals surface area contributed by atoms with Gasteiger partial charge in [-0.25, -0.2) is 19.2 Å². The van der Waals surface area contributed by atoms with Crippen LogP contribution in [0, 0.1) is 16.7 Å². The average Bonchev–Trinajstić information content (AvgIpc) is 0.668. The number of carboxylic acid groups (broad SMARTS) is 1. The highest BCUT2D eigenvalue weighted by Gasteiger charge is 2.79. The van der Waals surface area contributed by atoms with Crippen molar-refractivity contribution in [3.8, 4) is 28.2 Å². The molecule has 2 heterocycles. The summed E-state index contributed by atoms with van der Waals surface area (Å²) in [5.41, 5.74) is -8.80. The number of carbonyl (C=O) groups excluding carboxylic acids is 8. The molecule has 0 aromatic heterocycles. The largest absolute Gasteiger partial charge is 0.508 e. The maximum Gasteiger partial charge on any atom is 0.338 e. The third-order valence-corrected chi connectivity index (χ3v) is 18.9. The molecule has 0 spiro atoms. The molecule has 11 rings (SSSR count). The van der Waals surface area contributed by atoms with Crippen LogP contribution in [0.1, 0.15) is 114 Å². The Labute approximate surface area is 536 Å². The molecule has 2 saturated carbocycles. The van der Waals surface area contributed by atoms with Crippen LogP contribution >= 0.6 is 0 Å². The highest BCUT2D eigenvalue weighted by molar-refractivity contribution is 6.09. The van der Waals surface area contributed by atoms with Crippen LogP contribution in [0.3, 0.4) is 0 Å². The number of aromatic hydroxyl groups is 1. The molecule has 2 bridgehead atoms. The maximum atomic E-state index is 16.6. The van der Waals surface area contributed by atoms with Crippen LogP contribution in [0.5, 0.6) is 5.75 Å². The molecule has 3 fully saturated rings. The topological polar surface area (TPSA) is 344 Å². The summed E-state index contributed by atoms with van der Waals surface area (Å²) in [5, 5.41) is 53.0. The van der Waals surface area contributed by atoms with Crippen molar-refractivity contribution >= 4 is 64.4 Å². The number of phenols is 1. The van der Waals surface area contributed by atoms with Gasteiger partial charge in [0.25, 0.3) is 11.8 Å². The molecule has 23 heteroatoms. The third kappa shape index (κ3) is 11.4. The van der Waals surface area contributed by atoms with E-state index < -0.39 is 155 Å². The van der Waals surface area contributed by atoms with Crippen molar-refractivity contribution in [1.82, 2.24) is 10.6 Å². The molecule has 4 aliphatic carbocycles. The van der Waals surface area contributed by atoms with Crippen LogP contribution < -0.4 is 16.1 Å². The molecule has 2 aliphatic heterocycles. The van der Waals surface area contributed by atoms with Crippen molar-refractivity contribution in [2.24, 2.45) is 16.7 Å². The zero-order valence-electron chi connectivity index (χ0n) is 51.9. The summed E-state index contributed by atoms with van der Waals surface area (Å²) in [4.78, 5) is 142. The van der Waals surface area contributed by atoms with Gasteiger partial charge in [-0.1, -0.05) is 86.6 Å². The fraction of sp³-hybridized carbons (Fsp3) is 0.324. The molecule has 0 radical (unpaired) electrons. The number of ketones is 1. The van der Waals surface area contributed by atoms with E-state index in [2.05, 4.69) is 10.6 Å². The Morgan fingerprint density at radius 2 is 1.33 bits per heavy atom. The molecule has 94 heavy (non-hydrogen) atoms. The Bertz CT molecular complexity index is 4300. The molecule has 5 aromatic carbocycles. The number of hydrogen-bond acceptors (Lipinski definition) is 20. The van der Waals surface area contributed by atoms with E-state index in [1.165, 1.54) is 120 Å². The van der Waals surface area contributed by atoms with Crippen LogP contribution in [-0.4, -0.2) is 134 Å². The lowest BCUT2D eigenvalue weighted by Crippen LogP contribution is -2.82. The van der Waals surface area contributed by atoms with Gasteiger partial charge in [0, 0.05) is 71.9 Å². The molecular formula is C71H66N2O21. The Kier molecular flexibility index (Phi) is 17.3. The lowest BCUT2D eigenvalue weighted by atomic mass is 9.44. The quantitative estimate of drug-likeness (QED) is 0.0238. The molecule has 12 atom stereocenters. The van der Waals surface area contributed by atoms with Crippen molar-refractivity contribution in [1.29, 1.82) is 0 Å². The van der Waals surface area contributed by atoms with Gasteiger partial charge in [-0.3, -0.25) is 28.8 Å². The van der Waals surface area contributed by atoms with E-state index in [0.29, 0.717) is 22.1 Å².